The zero-order valence-electron chi connectivity index (χ0n) is 17.6. The minimum Gasteiger partial charge on any atom is -0.357 e. The first kappa shape index (κ1) is 24.9. The van der Waals surface area contributed by atoms with Crippen molar-refractivity contribution >= 4 is 52.5 Å². The van der Waals surface area contributed by atoms with Gasteiger partial charge in [0.15, 0.2) is 5.96 Å². The minimum atomic E-state index is -0.526. The number of carbonyl (C=O) groups excluding carboxylic acids is 1. The topological polar surface area (TPSA) is 85.8 Å². The molecule has 0 spiro atoms. The Morgan fingerprint density at radius 3 is 2.32 bits per heavy atom. The predicted molar refractivity (Wildman–Crippen MR) is 127 cm³/mol. The van der Waals surface area contributed by atoms with Crippen molar-refractivity contribution in [2.45, 2.75) is 41.0 Å². The maximum absolute atomic E-state index is 12.2. The number of amides is 1. The third-order valence-corrected chi connectivity index (χ3v) is 5.35. The van der Waals surface area contributed by atoms with Crippen molar-refractivity contribution in [3.8, 4) is 0 Å². The molecule has 0 unspecified atom stereocenters. The minimum absolute atomic E-state index is 0. The first-order chi connectivity index (χ1) is 12.9. The van der Waals surface area contributed by atoms with E-state index in [4.69, 9.17) is 4.99 Å². The molecule has 10 heteroatoms. The molecule has 1 amide bonds. The molecule has 0 bridgehead atoms. The standard InChI is InChI=1S/C18H33N7OS.HI/c1-6-14-22-17(27-23-14)25-11-9-24(10-12-25)16(20-8-3)21-13-18(4,5)15(26)19-7-2;/h6-13H2,1-5H3,(H,19,26)(H,20,21);1H. The molecule has 28 heavy (non-hydrogen) atoms. The van der Waals surface area contributed by atoms with Crippen LogP contribution in [0.2, 0.25) is 0 Å². The van der Waals surface area contributed by atoms with Crippen LogP contribution in [0.1, 0.15) is 40.4 Å². The summed E-state index contributed by atoms with van der Waals surface area (Å²) in [5.41, 5.74) is -0.526. The molecule has 2 rings (SSSR count). The number of aryl methyl sites for hydroxylation is 1. The van der Waals surface area contributed by atoms with Crippen LogP contribution in [0.5, 0.6) is 0 Å². The van der Waals surface area contributed by atoms with Gasteiger partial charge < -0.3 is 20.4 Å². The molecule has 1 aliphatic heterocycles. The first-order valence-corrected chi connectivity index (χ1v) is 10.6. The first-order valence-electron chi connectivity index (χ1n) is 9.80. The lowest BCUT2D eigenvalue weighted by atomic mass is 9.92. The Hall–Kier alpha value is -1.17. The van der Waals surface area contributed by atoms with Gasteiger partial charge in [-0.15, -0.1) is 24.0 Å². The molecule has 2 heterocycles. The second-order valence-corrected chi connectivity index (χ2v) is 7.96. The summed E-state index contributed by atoms with van der Waals surface area (Å²) in [5, 5.41) is 7.26. The Bertz CT molecular complexity index is 642. The highest BCUT2D eigenvalue weighted by Gasteiger charge is 2.28. The van der Waals surface area contributed by atoms with Gasteiger partial charge in [0.2, 0.25) is 11.0 Å². The quantitative estimate of drug-likeness (QED) is 0.323. The maximum atomic E-state index is 12.2. The maximum Gasteiger partial charge on any atom is 0.227 e. The Morgan fingerprint density at radius 1 is 1.14 bits per heavy atom. The van der Waals surface area contributed by atoms with Crippen LogP contribution in [0, 0.1) is 5.41 Å². The summed E-state index contributed by atoms with van der Waals surface area (Å²) >= 11 is 1.48. The fourth-order valence-corrected chi connectivity index (χ4v) is 3.60. The second-order valence-electron chi connectivity index (χ2n) is 7.23. The average Bonchev–Trinajstić information content (AvgIpc) is 3.15. The summed E-state index contributed by atoms with van der Waals surface area (Å²) in [4.78, 5) is 26.1. The average molecular weight is 523 g/mol. The van der Waals surface area contributed by atoms with E-state index in [1.807, 2.05) is 20.8 Å². The number of piperazine rings is 1. The molecule has 1 saturated heterocycles. The van der Waals surface area contributed by atoms with E-state index in [9.17, 15) is 4.79 Å². The summed E-state index contributed by atoms with van der Waals surface area (Å²) < 4.78 is 4.38. The number of hydrogen-bond donors (Lipinski definition) is 2. The van der Waals surface area contributed by atoms with E-state index in [0.29, 0.717) is 13.1 Å². The summed E-state index contributed by atoms with van der Waals surface area (Å²) in [7, 11) is 0. The molecule has 160 valence electrons. The van der Waals surface area contributed by atoms with E-state index >= 15 is 0 Å². The number of anilines is 1. The summed E-state index contributed by atoms with van der Waals surface area (Å²) in [6.45, 7) is 15.4. The lowest BCUT2D eigenvalue weighted by molar-refractivity contribution is -0.128. The van der Waals surface area contributed by atoms with Gasteiger partial charge in [0.05, 0.1) is 12.0 Å². The van der Waals surface area contributed by atoms with Crippen LogP contribution in [0.4, 0.5) is 5.13 Å². The van der Waals surface area contributed by atoms with Crippen molar-refractivity contribution in [2.24, 2.45) is 10.4 Å². The third kappa shape index (κ3) is 6.71. The predicted octanol–water partition coefficient (Wildman–Crippen LogP) is 1.97. The van der Waals surface area contributed by atoms with Gasteiger partial charge in [-0.05, 0) is 27.7 Å². The number of guanidine groups is 1. The summed E-state index contributed by atoms with van der Waals surface area (Å²) in [6.07, 6.45) is 0.870. The number of hydrogen-bond acceptors (Lipinski definition) is 6. The van der Waals surface area contributed by atoms with E-state index in [0.717, 1.165) is 56.1 Å². The molecule has 1 fully saturated rings. The number of rotatable bonds is 7. The Labute approximate surface area is 189 Å². The monoisotopic (exact) mass is 523 g/mol. The number of nitrogens with one attached hydrogen (secondary N) is 2. The van der Waals surface area contributed by atoms with Crippen molar-refractivity contribution in [1.82, 2.24) is 24.9 Å². The molecule has 0 saturated carbocycles. The number of aliphatic imine (C=N–C) groups is 1. The van der Waals surface area contributed by atoms with Crippen LogP contribution < -0.4 is 15.5 Å². The SMILES string of the molecule is CCNC(=O)C(C)(C)CN=C(NCC)N1CCN(c2nc(CC)ns2)CC1.I. The van der Waals surface area contributed by atoms with E-state index in [2.05, 4.69) is 43.6 Å². The van der Waals surface area contributed by atoms with Gasteiger partial charge in [-0.1, -0.05) is 6.92 Å². The van der Waals surface area contributed by atoms with Gasteiger partial charge in [0, 0.05) is 57.2 Å². The normalized spacial score (nSPS) is 15.2. The molecule has 1 aliphatic rings. The van der Waals surface area contributed by atoms with Crippen molar-refractivity contribution < 1.29 is 4.79 Å². The fraction of sp³-hybridized carbons (Fsp3) is 0.778. The molecule has 0 aromatic carbocycles. The van der Waals surface area contributed by atoms with Crippen LogP contribution in [0.3, 0.4) is 0 Å². The zero-order chi connectivity index (χ0) is 19.9. The smallest absolute Gasteiger partial charge is 0.227 e. The van der Waals surface area contributed by atoms with Crippen LogP contribution in [0.25, 0.3) is 0 Å². The van der Waals surface area contributed by atoms with Crippen LogP contribution >= 0.6 is 35.5 Å². The molecular weight excluding hydrogens is 489 g/mol. The number of nitrogens with zero attached hydrogens (tertiary/aromatic N) is 5. The van der Waals surface area contributed by atoms with E-state index in [-0.39, 0.29) is 29.9 Å². The van der Waals surface area contributed by atoms with Crippen LogP contribution in [-0.2, 0) is 11.2 Å². The highest BCUT2D eigenvalue weighted by Crippen LogP contribution is 2.20. The molecule has 1 aromatic heterocycles. The zero-order valence-corrected chi connectivity index (χ0v) is 20.8. The molecule has 0 radical (unpaired) electrons. The van der Waals surface area contributed by atoms with Gasteiger partial charge >= 0.3 is 0 Å². The molecular formula is C18H34IN7OS. The molecule has 0 atom stereocenters. The van der Waals surface area contributed by atoms with Crippen molar-refractivity contribution in [1.29, 1.82) is 0 Å². The van der Waals surface area contributed by atoms with Gasteiger partial charge in [-0.2, -0.15) is 4.37 Å². The summed E-state index contributed by atoms with van der Waals surface area (Å²) in [6, 6.07) is 0. The highest BCUT2D eigenvalue weighted by molar-refractivity contribution is 14.0. The third-order valence-electron chi connectivity index (χ3n) is 4.53. The second kappa shape index (κ2) is 11.7. The Kier molecular flexibility index (Phi) is 10.4. The number of halogens is 1. The summed E-state index contributed by atoms with van der Waals surface area (Å²) in [5.74, 6) is 1.83. The number of aromatic nitrogens is 2. The van der Waals surface area contributed by atoms with Gasteiger partial charge in [-0.3, -0.25) is 9.79 Å². The van der Waals surface area contributed by atoms with Crippen molar-refractivity contribution in [2.75, 3.05) is 50.7 Å². The Morgan fingerprint density at radius 2 is 1.79 bits per heavy atom. The van der Waals surface area contributed by atoms with Gasteiger partial charge in [-0.25, -0.2) is 4.98 Å². The lowest BCUT2D eigenvalue weighted by Crippen LogP contribution is -2.53. The molecule has 0 aliphatic carbocycles. The molecule has 2 N–H and O–H groups in total. The van der Waals surface area contributed by atoms with Crippen LogP contribution in [-0.4, -0.2) is 71.9 Å². The Balaban J connectivity index is 0.00000392. The number of carbonyl (C=O) groups is 1. The van der Waals surface area contributed by atoms with E-state index in [1.54, 1.807) is 0 Å². The molecule has 1 aromatic rings. The van der Waals surface area contributed by atoms with E-state index in [1.165, 1.54) is 11.5 Å². The van der Waals surface area contributed by atoms with Crippen molar-refractivity contribution in [3.05, 3.63) is 5.82 Å². The van der Waals surface area contributed by atoms with Crippen molar-refractivity contribution in [3.63, 3.8) is 0 Å². The van der Waals surface area contributed by atoms with Crippen LogP contribution in [0.15, 0.2) is 4.99 Å². The van der Waals surface area contributed by atoms with E-state index < -0.39 is 5.41 Å². The fourth-order valence-electron chi connectivity index (χ4n) is 2.80. The lowest BCUT2D eigenvalue weighted by Gasteiger charge is -2.36. The largest absolute Gasteiger partial charge is 0.357 e. The van der Waals surface area contributed by atoms with Gasteiger partial charge in [0.25, 0.3) is 0 Å². The van der Waals surface area contributed by atoms with Gasteiger partial charge in [0.1, 0.15) is 5.82 Å². The molecule has 8 nitrogen and oxygen atoms in total. The highest BCUT2D eigenvalue weighted by atomic mass is 127.